The van der Waals surface area contributed by atoms with Gasteiger partial charge in [-0.25, -0.2) is 0 Å². The number of hydrogen-bond donors (Lipinski definition) is 2. The van der Waals surface area contributed by atoms with E-state index in [1.165, 1.54) is 5.56 Å². The summed E-state index contributed by atoms with van der Waals surface area (Å²) in [6.45, 7) is 4.55. The summed E-state index contributed by atoms with van der Waals surface area (Å²) in [5, 5.41) is 10.0. The lowest BCUT2D eigenvalue weighted by Crippen LogP contribution is -2.46. The number of ether oxygens (including phenoxy) is 2. The summed E-state index contributed by atoms with van der Waals surface area (Å²) in [5.41, 5.74) is 8.10. The maximum absolute atomic E-state index is 10.0. The van der Waals surface area contributed by atoms with Crippen molar-refractivity contribution in [1.29, 1.82) is 0 Å². The van der Waals surface area contributed by atoms with Crippen molar-refractivity contribution in [3.63, 3.8) is 0 Å². The van der Waals surface area contributed by atoms with E-state index < -0.39 is 11.7 Å². The van der Waals surface area contributed by atoms with E-state index in [0.29, 0.717) is 6.42 Å². The molecule has 3 N–H and O–H groups in total. The molecule has 0 bridgehead atoms. The molecule has 0 saturated carbocycles. The van der Waals surface area contributed by atoms with Gasteiger partial charge >= 0.3 is 0 Å². The Labute approximate surface area is 162 Å². The normalized spacial score (nSPS) is 17.1. The largest absolute Gasteiger partial charge is 0.495 e. The van der Waals surface area contributed by atoms with Crippen LogP contribution >= 0.6 is 0 Å². The summed E-state index contributed by atoms with van der Waals surface area (Å²) in [5.74, 6) is 1.63. The third-order valence-corrected chi connectivity index (χ3v) is 4.71. The summed E-state index contributed by atoms with van der Waals surface area (Å²) in [6.07, 6.45) is 1.08. The van der Waals surface area contributed by atoms with E-state index in [4.69, 9.17) is 15.2 Å². The number of aliphatic hydroxyl groups is 1. The van der Waals surface area contributed by atoms with Gasteiger partial charge in [0.25, 0.3) is 0 Å². The van der Waals surface area contributed by atoms with Gasteiger partial charge in [0.2, 0.25) is 0 Å². The second-order valence-corrected chi connectivity index (χ2v) is 7.48. The molecule has 0 spiro atoms. The minimum Gasteiger partial charge on any atom is -0.495 e. The highest BCUT2D eigenvalue weighted by molar-refractivity contribution is 5.64. The zero-order chi connectivity index (χ0) is 20.0. The van der Waals surface area contributed by atoms with Crippen LogP contribution in [0.2, 0.25) is 0 Å². The molecule has 1 aliphatic heterocycles. The number of methoxy groups -OCH3 is 1. The maximum Gasteiger partial charge on any atom is 0.142 e. The van der Waals surface area contributed by atoms with Crippen LogP contribution in [0.25, 0.3) is 0 Å². The van der Waals surface area contributed by atoms with Gasteiger partial charge in [0, 0.05) is 32.1 Å². The van der Waals surface area contributed by atoms with Crippen molar-refractivity contribution in [2.75, 3.05) is 32.6 Å². The minimum atomic E-state index is -0.550. The molecule has 0 fully saturated rings. The molecule has 0 saturated heterocycles. The van der Waals surface area contributed by atoms with E-state index in [9.17, 15) is 5.11 Å². The highest BCUT2D eigenvalue weighted by Crippen LogP contribution is 2.40. The van der Waals surface area contributed by atoms with Crippen LogP contribution in [0.3, 0.4) is 0 Å². The Morgan fingerprint density at radius 1 is 1.22 bits per heavy atom. The lowest BCUT2D eigenvalue weighted by atomic mass is 9.91. The molecule has 1 atom stereocenters. The van der Waals surface area contributed by atoms with Gasteiger partial charge in [-0.1, -0.05) is 30.3 Å². The van der Waals surface area contributed by atoms with E-state index >= 15 is 0 Å². The molecule has 148 valence electrons. The lowest BCUT2D eigenvalue weighted by molar-refractivity contribution is -0.0411. The summed E-state index contributed by atoms with van der Waals surface area (Å²) in [6, 6.07) is 14.2. The Balaban J connectivity index is 0.000000244. The summed E-state index contributed by atoms with van der Waals surface area (Å²) in [7, 11) is 5.58. The Bertz CT molecular complexity index is 730. The number of nitrogens with zero attached hydrogens (tertiary/aromatic N) is 1. The van der Waals surface area contributed by atoms with E-state index in [2.05, 4.69) is 12.1 Å². The van der Waals surface area contributed by atoms with Gasteiger partial charge in [0.05, 0.1) is 18.9 Å². The van der Waals surface area contributed by atoms with E-state index in [1.54, 1.807) is 7.11 Å². The molecule has 0 radical (unpaired) electrons. The Kier molecular flexibility index (Phi) is 7.11. The molecule has 27 heavy (non-hydrogen) atoms. The number of fused-ring (bicyclic) bond motifs is 1. The quantitative estimate of drug-likeness (QED) is 0.863. The molecule has 2 aromatic carbocycles. The van der Waals surface area contributed by atoms with Gasteiger partial charge < -0.3 is 25.2 Å². The van der Waals surface area contributed by atoms with Crippen LogP contribution in [0, 0.1) is 0 Å². The van der Waals surface area contributed by atoms with Crippen molar-refractivity contribution in [1.82, 2.24) is 0 Å². The summed E-state index contributed by atoms with van der Waals surface area (Å²) < 4.78 is 11.3. The fraction of sp³-hybridized carbons (Fsp3) is 0.455. The van der Waals surface area contributed by atoms with Crippen LogP contribution in [0.5, 0.6) is 11.5 Å². The predicted octanol–water partition coefficient (Wildman–Crippen LogP) is 3.02. The molecule has 3 rings (SSSR count). The monoisotopic (exact) mass is 372 g/mol. The highest BCUT2D eigenvalue weighted by atomic mass is 16.5. The standard InChI is InChI=1S/C14H21NO3.C8H11N/c1-14(2)13(16)7-9-6-12(17-5)10(15(3)4)8-11(9)18-14;9-7-6-8-4-2-1-3-5-8/h6,8,13,16H,7H2,1-5H3;1-5H,6-7,9H2. The van der Waals surface area contributed by atoms with E-state index in [0.717, 1.165) is 35.7 Å². The van der Waals surface area contributed by atoms with Crippen LogP contribution in [-0.4, -0.2) is 44.6 Å². The number of aliphatic hydroxyl groups excluding tert-OH is 1. The summed E-state index contributed by atoms with van der Waals surface area (Å²) >= 11 is 0. The first-order valence-electron chi connectivity index (χ1n) is 9.27. The topological polar surface area (TPSA) is 68.0 Å². The van der Waals surface area contributed by atoms with Gasteiger partial charge in [-0.15, -0.1) is 0 Å². The van der Waals surface area contributed by atoms with Crippen molar-refractivity contribution in [3.05, 3.63) is 53.6 Å². The predicted molar refractivity (Wildman–Crippen MR) is 111 cm³/mol. The van der Waals surface area contributed by atoms with Crippen molar-refractivity contribution in [2.45, 2.75) is 38.4 Å². The lowest BCUT2D eigenvalue weighted by Gasteiger charge is -2.37. The molecule has 0 aromatic heterocycles. The van der Waals surface area contributed by atoms with Gasteiger partial charge in [0.1, 0.15) is 17.1 Å². The maximum atomic E-state index is 10.0. The Morgan fingerprint density at radius 3 is 2.44 bits per heavy atom. The van der Waals surface area contributed by atoms with Crippen LogP contribution in [0.4, 0.5) is 5.69 Å². The fourth-order valence-corrected chi connectivity index (χ4v) is 2.98. The number of nitrogens with two attached hydrogens (primary N) is 1. The van der Waals surface area contributed by atoms with Crippen LogP contribution in [-0.2, 0) is 12.8 Å². The zero-order valence-electron chi connectivity index (χ0n) is 17.0. The van der Waals surface area contributed by atoms with Gasteiger partial charge in [-0.2, -0.15) is 0 Å². The third-order valence-electron chi connectivity index (χ3n) is 4.71. The van der Waals surface area contributed by atoms with Gasteiger partial charge in [-0.3, -0.25) is 0 Å². The van der Waals surface area contributed by atoms with E-state index in [1.807, 2.05) is 63.2 Å². The molecule has 1 heterocycles. The molecular formula is C22H32N2O3. The van der Waals surface area contributed by atoms with Crippen molar-refractivity contribution >= 4 is 5.69 Å². The first-order valence-corrected chi connectivity index (χ1v) is 9.27. The molecule has 1 unspecified atom stereocenters. The molecule has 2 aromatic rings. The summed E-state index contributed by atoms with van der Waals surface area (Å²) in [4.78, 5) is 1.99. The van der Waals surface area contributed by atoms with E-state index in [-0.39, 0.29) is 0 Å². The fourth-order valence-electron chi connectivity index (χ4n) is 2.98. The Morgan fingerprint density at radius 2 is 1.89 bits per heavy atom. The van der Waals surface area contributed by atoms with Gasteiger partial charge in [0.15, 0.2) is 0 Å². The third kappa shape index (κ3) is 5.37. The SMILES string of the molecule is COc1cc2c(cc1N(C)C)OC(C)(C)C(O)C2.NCCc1ccccc1. The minimum absolute atomic E-state index is 0.500. The second kappa shape index (κ2) is 9.11. The van der Waals surface area contributed by atoms with Crippen LogP contribution in [0.15, 0.2) is 42.5 Å². The molecule has 5 nitrogen and oxygen atoms in total. The second-order valence-electron chi connectivity index (χ2n) is 7.48. The van der Waals surface area contributed by atoms with Crippen LogP contribution in [0.1, 0.15) is 25.0 Å². The molecule has 1 aliphatic rings. The number of benzene rings is 2. The Hall–Kier alpha value is -2.24. The van der Waals surface area contributed by atoms with Crippen molar-refractivity contribution in [2.24, 2.45) is 5.73 Å². The molecule has 0 amide bonds. The van der Waals surface area contributed by atoms with Gasteiger partial charge in [-0.05, 0) is 38.4 Å². The van der Waals surface area contributed by atoms with Crippen molar-refractivity contribution < 1.29 is 14.6 Å². The average Bonchev–Trinajstić information content (AvgIpc) is 2.63. The number of rotatable bonds is 4. The smallest absolute Gasteiger partial charge is 0.142 e. The molecule has 0 aliphatic carbocycles. The number of anilines is 1. The highest BCUT2D eigenvalue weighted by Gasteiger charge is 2.36. The zero-order valence-corrected chi connectivity index (χ0v) is 17.0. The van der Waals surface area contributed by atoms with Crippen LogP contribution < -0.4 is 20.1 Å². The number of hydrogen-bond acceptors (Lipinski definition) is 5. The van der Waals surface area contributed by atoms with Crippen molar-refractivity contribution in [3.8, 4) is 11.5 Å². The first-order chi connectivity index (χ1) is 12.8. The molecule has 5 heteroatoms. The molecular weight excluding hydrogens is 340 g/mol. The average molecular weight is 373 g/mol. The first kappa shape index (κ1) is 21.1.